The summed E-state index contributed by atoms with van der Waals surface area (Å²) < 4.78 is 10.8. The normalized spacial score (nSPS) is 17.7. The molecule has 27 heavy (non-hydrogen) atoms. The van der Waals surface area contributed by atoms with Crippen molar-refractivity contribution in [2.45, 2.75) is 12.5 Å². The highest BCUT2D eigenvalue weighted by Gasteiger charge is 2.31. The zero-order chi connectivity index (χ0) is 18.6. The SMILES string of the molecule is COC(C(=O)Nc1cccc(-c2ccc3ccccc3c2)n1)C1CCOC1. The smallest absolute Gasteiger partial charge is 0.255 e. The Morgan fingerprint density at radius 3 is 2.78 bits per heavy atom. The molecule has 2 atom stereocenters. The largest absolute Gasteiger partial charge is 0.381 e. The Kier molecular flexibility index (Phi) is 5.14. The Hall–Kier alpha value is -2.76. The predicted octanol–water partition coefficient (Wildman–Crippen LogP) is 3.89. The van der Waals surface area contributed by atoms with Gasteiger partial charge >= 0.3 is 0 Å². The van der Waals surface area contributed by atoms with Gasteiger partial charge in [0.1, 0.15) is 11.9 Å². The highest BCUT2D eigenvalue weighted by molar-refractivity contribution is 5.94. The second-order valence-electron chi connectivity index (χ2n) is 6.74. The van der Waals surface area contributed by atoms with Gasteiger partial charge < -0.3 is 14.8 Å². The molecule has 0 bridgehead atoms. The van der Waals surface area contributed by atoms with Gasteiger partial charge in [-0.2, -0.15) is 0 Å². The van der Waals surface area contributed by atoms with E-state index in [1.54, 1.807) is 13.2 Å². The standard InChI is InChI=1S/C22H22N2O3/c1-26-21(18-11-12-27-14-18)22(25)24-20-8-4-7-19(23-20)17-10-9-15-5-2-3-6-16(15)13-17/h2-10,13,18,21H,11-12,14H2,1H3,(H,23,24,25). The van der Waals surface area contributed by atoms with Crippen LogP contribution in [0.4, 0.5) is 5.82 Å². The number of benzene rings is 2. The van der Waals surface area contributed by atoms with Crippen molar-refractivity contribution in [2.24, 2.45) is 5.92 Å². The Morgan fingerprint density at radius 2 is 2.00 bits per heavy atom. The number of amides is 1. The summed E-state index contributed by atoms with van der Waals surface area (Å²) in [6, 6.07) is 20.1. The zero-order valence-electron chi connectivity index (χ0n) is 15.2. The fraction of sp³-hybridized carbons (Fsp3) is 0.273. The van der Waals surface area contributed by atoms with E-state index in [0.29, 0.717) is 19.0 Å². The fourth-order valence-electron chi connectivity index (χ4n) is 3.52. The van der Waals surface area contributed by atoms with Crippen LogP contribution in [0.2, 0.25) is 0 Å². The Labute approximate surface area is 158 Å². The second-order valence-corrected chi connectivity index (χ2v) is 6.74. The minimum Gasteiger partial charge on any atom is -0.381 e. The number of rotatable bonds is 5. The highest BCUT2D eigenvalue weighted by Crippen LogP contribution is 2.25. The van der Waals surface area contributed by atoms with Gasteiger partial charge in [0.2, 0.25) is 0 Å². The van der Waals surface area contributed by atoms with E-state index in [0.717, 1.165) is 23.1 Å². The maximum absolute atomic E-state index is 12.6. The van der Waals surface area contributed by atoms with Gasteiger partial charge in [-0.05, 0) is 35.4 Å². The molecule has 1 amide bonds. The minimum absolute atomic E-state index is 0.0821. The molecule has 3 aromatic rings. The first kappa shape index (κ1) is 17.6. The predicted molar refractivity (Wildman–Crippen MR) is 106 cm³/mol. The molecule has 0 radical (unpaired) electrons. The van der Waals surface area contributed by atoms with Crippen molar-refractivity contribution < 1.29 is 14.3 Å². The van der Waals surface area contributed by atoms with Crippen LogP contribution in [0.1, 0.15) is 6.42 Å². The first-order valence-electron chi connectivity index (χ1n) is 9.12. The van der Waals surface area contributed by atoms with Gasteiger partial charge in [-0.1, -0.05) is 42.5 Å². The molecular formula is C22H22N2O3. The second kappa shape index (κ2) is 7.86. The Morgan fingerprint density at radius 1 is 1.15 bits per heavy atom. The summed E-state index contributed by atoms with van der Waals surface area (Å²) in [6.07, 6.45) is 0.301. The van der Waals surface area contributed by atoms with E-state index in [2.05, 4.69) is 34.6 Å². The van der Waals surface area contributed by atoms with Crippen LogP contribution in [0, 0.1) is 5.92 Å². The van der Waals surface area contributed by atoms with Crippen LogP contribution in [0.5, 0.6) is 0 Å². The lowest BCUT2D eigenvalue weighted by molar-refractivity contribution is -0.128. The molecule has 1 saturated heterocycles. The molecular weight excluding hydrogens is 340 g/mol. The average Bonchev–Trinajstić information content (AvgIpc) is 3.23. The number of ether oxygens (including phenoxy) is 2. The van der Waals surface area contributed by atoms with Crippen LogP contribution in [0.15, 0.2) is 60.7 Å². The molecule has 2 heterocycles. The molecule has 5 nitrogen and oxygen atoms in total. The summed E-state index contributed by atoms with van der Waals surface area (Å²) in [5.74, 6) is 0.418. The number of pyridine rings is 1. The molecule has 1 N–H and O–H groups in total. The van der Waals surface area contributed by atoms with Crippen LogP contribution < -0.4 is 5.32 Å². The molecule has 1 aromatic heterocycles. The molecule has 0 saturated carbocycles. The number of aromatic nitrogens is 1. The molecule has 1 fully saturated rings. The first-order valence-corrected chi connectivity index (χ1v) is 9.12. The Balaban J connectivity index is 1.55. The molecule has 4 rings (SSSR count). The van der Waals surface area contributed by atoms with Gasteiger partial charge in [-0.3, -0.25) is 4.79 Å². The summed E-state index contributed by atoms with van der Waals surface area (Å²) in [5, 5.41) is 5.23. The third-order valence-electron chi connectivity index (χ3n) is 4.95. The molecule has 1 aliphatic rings. The lowest BCUT2D eigenvalue weighted by atomic mass is 10.0. The Bertz CT molecular complexity index is 951. The molecule has 2 aromatic carbocycles. The summed E-state index contributed by atoms with van der Waals surface area (Å²) in [5.41, 5.74) is 1.83. The molecule has 1 aliphatic heterocycles. The lowest BCUT2D eigenvalue weighted by Gasteiger charge is -2.20. The van der Waals surface area contributed by atoms with Crippen LogP contribution in [-0.2, 0) is 14.3 Å². The van der Waals surface area contributed by atoms with Crippen molar-refractivity contribution in [1.29, 1.82) is 0 Å². The van der Waals surface area contributed by atoms with Crippen molar-refractivity contribution >= 4 is 22.5 Å². The van der Waals surface area contributed by atoms with Crippen LogP contribution in [0.3, 0.4) is 0 Å². The van der Waals surface area contributed by atoms with E-state index in [-0.39, 0.29) is 11.8 Å². The van der Waals surface area contributed by atoms with Crippen molar-refractivity contribution in [3.63, 3.8) is 0 Å². The number of carbonyl (C=O) groups excluding carboxylic acids is 1. The van der Waals surface area contributed by atoms with Crippen LogP contribution in [-0.4, -0.2) is 37.3 Å². The van der Waals surface area contributed by atoms with Gasteiger partial charge in [0, 0.05) is 25.2 Å². The number of methoxy groups -OCH3 is 1. The van der Waals surface area contributed by atoms with Gasteiger partial charge in [0.05, 0.1) is 12.3 Å². The molecule has 5 heteroatoms. The van der Waals surface area contributed by atoms with E-state index in [1.165, 1.54) is 5.39 Å². The summed E-state index contributed by atoms with van der Waals surface area (Å²) in [4.78, 5) is 17.2. The number of hydrogen-bond acceptors (Lipinski definition) is 4. The minimum atomic E-state index is -0.529. The number of nitrogens with zero attached hydrogens (tertiary/aromatic N) is 1. The monoisotopic (exact) mass is 362 g/mol. The van der Waals surface area contributed by atoms with Gasteiger partial charge in [-0.25, -0.2) is 4.98 Å². The van der Waals surface area contributed by atoms with Crippen molar-refractivity contribution in [2.75, 3.05) is 25.6 Å². The maximum atomic E-state index is 12.6. The first-order chi connectivity index (χ1) is 13.2. The zero-order valence-corrected chi connectivity index (χ0v) is 15.2. The summed E-state index contributed by atoms with van der Waals surface area (Å²) in [7, 11) is 1.56. The van der Waals surface area contributed by atoms with E-state index < -0.39 is 6.10 Å². The molecule has 0 spiro atoms. The summed E-state index contributed by atoms with van der Waals surface area (Å²) >= 11 is 0. The fourth-order valence-corrected chi connectivity index (χ4v) is 3.52. The van der Waals surface area contributed by atoms with Gasteiger partial charge in [-0.15, -0.1) is 0 Å². The van der Waals surface area contributed by atoms with E-state index in [9.17, 15) is 4.79 Å². The van der Waals surface area contributed by atoms with Crippen molar-refractivity contribution in [3.8, 4) is 11.3 Å². The van der Waals surface area contributed by atoms with Crippen LogP contribution >= 0.6 is 0 Å². The number of fused-ring (bicyclic) bond motifs is 1. The maximum Gasteiger partial charge on any atom is 0.255 e. The molecule has 0 aliphatic carbocycles. The van der Waals surface area contributed by atoms with E-state index in [1.807, 2.05) is 30.3 Å². The van der Waals surface area contributed by atoms with Crippen molar-refractivity contribution in [1.82, 2.24) is 4.98 Å². The topological polar surface area (TPSA) is 60.5 Å². The van der Waals surface area contributed by atoms with Crippen LogP contribution in [0.25, 0.3) is 22.0 Å². The number of anilines is 1. The molecule has 2 unspecified atom stereocenters. The lowest BCUT2D eigenvalue weighted by Crippen LogP contribution is -2.36. The highest BCUT2D eigenvalue weighted by atomic mass is 16.5. The number of nitrogens with one attached hydrogen (secondary N) is 1. The quantitative estimate of drug-likeness (QED) is 0.748. The van der Waals surface area contributed by atoms with E-state index >= 15 is 0 Å². The van der Waals surface area contributed by atoms with Gasteiger partial charge in [0.15, 0.2) is 0 Å². The van der Waals surface area contributed by atoms with Gasteiger partial charge in [0.25, 0.3) is 5.91 Å². The third kappa shape index (κ3) is 3.84. The number of carbonyl (C=O) groups is 1. The van der Waals surface area contributed by atoms with Crippen molar-refractivity contribution in [3.05, 3.63) is 60.7 Å². The van der Waals surface area contributed by atoms with E-state index in [4.69, 9.17) is 9.47 Å². The molecule has 138 valence electrons. The summed E-state index contributed by atoms with van der Waals surface area (Å²) in [6.45, 7) is 1.23. The number of hydrogen-bond donors (Lipinski definition) is 1. The third-order valence-corrected chi connectivity index (χ3v) is 4.95. The average molecular weight is 362 g/mol.